The number of anilines is 1. The molecule has 0 aromatic heterocycles. The van der Waals surface area contributed by atoms with E-state index in [0.29, 0.717) is 37.4 Å². The van der Waals surface area contributed by atoms with E-state index in [1.165, 1.54) is 12.1 Å². The van der Waals surface area contributed by atoms with Gasteiger partial charge in [0.15, 0.2) is 0 Å². The van der Waals surface area contributed by atoms with Crippen molar-refractivity contribution >= 4 is 23.3 Å². The van der Waals surface area contributed by atoms with Crippen molar-refractivity contribution in [3.05, 3.63) is 69.8 Å². The third-order valence-corrected chi connectivity index (χ3v) is 4.64. The smallest absolute Gasteiger partial charge is 0.335 e. The highest BCUT2D eigenvalue weighted by molar-refractivity contribution is 5.91. The molecule has 27 heavy (non-hydrogen) atoms. The number of carboxylic acids is 1. The molecule has 1 saturated heterocycles. The van der Waals surface area contributed by atoms with Crippen LogP contribution in [0.2, 0.25) is 0 Å². The molecule has 8 nitrogen and oxygen atoms in total. The average molecular weight is 369 g/mol. The Labute approximate surface area is 155 Å². The molecule has 1 aliphatic rings. The molecule has 140 valence electrons. The lowest BCUT2D eigenvalue weighted by atomic mass is 10.0. The zero-order valence-corrected chi connectivity index (χ0v) is 14.6. The van der Waals surface area contributed by atoms with E-state index in [4.69, 9.17) is 0 Å². The van der Waals surface area contributed by atoms with E-state index in [2.05, 4.69) is 0 Å². The molecule has 1 aliphatic heterocycles. The second-order valence-electron chi connectivity index (χ2n) is 6.25. The Morgan fingerprint density at radius 3 is 2.30 bits per heavy atom. The molecule has 1 N–H and O–H groups in total. The fourth-order valence-electron chi connectivity index (χ4n) is 3.24. The number of nitro groups is 1. The van der Waals surface area contributed by atoms with Gasteiger partial charge in [0.1, 0.15) is 5.69 Å². The monoisotopic (exact) mass is 369 g/mol. The van der Waals surface area contributed by atoms with Gasteiger partial charge in [-0.1, -0.05) is 30.3 Å². The minimum Gasteiger partial charge on any atom is -0.478 e. The molecule has 0 aliphatic carbocycles. The molecule has 1 heterocycles. The van der Waals surface area contributed by atoms with Crippen molar-refractivity contribution in [1.29, 1.82) is 0 Å². The molecule has 0 saturated carbocycles. The zero-order chi connectivity index (χ0) is 19.4. The van der Waals surface area contributed by atoms with Crippen LogP contribution in [0, 0.1) is 10.1 Å². The van der Waals surface area contributed by atoms with Crippen molar-refractivity contribution in [3.63, 3.8) is 0 Å². The van der Waals surface area contributed by atoms with E-state index in [1.807, 2.05) is 4.90 Å². The Kier molecular flexibility index (Phi) is 5.35. The van der Waals surface area contributed by atoms with E-state index < -0.39 is 10.9 Å². The third kappa shape index (κ3) is 4.05. The Bertz CT molecular complexity index is 875. The molecule has 0 atom stereocenters. The summed E-state index contributed by atoms with van der Waals surface area (Å²) in [4.78, 5) is 38.2. The molecule has 2 aromatic rings. The molecule has 1 fully saturated rings. The van der Waals surface area contributed by atoms with Gasteiger partial charge in [0.2, 0.25) is 5.91 Å². The molecule has 3 rings (SSSR count). The van der Waals surface area contributed by atoms with Crippen LogP contribution in [-0.4, -0.2) is 53.0 Å². The summed E-state index contributed by atoms with van der Waals surface area (Å²) in [6.07, 6.45) is 0.0218. The van der Waals surface area contributed by atoms with Crippen molar-refractivity contribution in [2.24, 2.45) is 0 Å². The molecule has 2 aromatic carbocycles. The van der Waals surface area contributed by atoms with Crippen LogP contribution in [0.3, 0.4) is 0 Å². The van der Waals surface area contributed by atoms with Crippen LogP contribution in [0.15, 0.2) is 48.5 Å². The number of amides is 1. The highest BCUT2D eigenvalue weighted by Gasteiger charge is 2.26. The number of carboxylic acid groups (broad SMARTS) is 1. The summed E-state index contributed by atoms with van der Waals surface area (Å²) in [5.74, 6) is -1.20. The van der Waals surface area contributed by atoms with Gasteiger partial charge < -0.3 is 14.9 Å². The second kappa shape index (κ2) is 7.86. The Hall–Kier alpha value is -3.42. The summed E-state index contributed by atoms with van der Waals surface area (Å²) in [7, 11) is 0. The number of hydrogen-bond donors (Lipinski definition) is 1. The van der Waals surface area contributed by atoms with Crippen LogP contribution < -0.4 is 4.90 Å². The van der Waals surface area contributed by atoms with Crippen LogP contribution in [-0.2, 0) is 11.2 Å². The standard InChI is InChI=1S/C19H19N3O5/c23-18(13-14-5-1-2-6-15(14)19(24)25)21-11-9-20(10-12-21)16-7-3-4-8-17(16)22(26)27/h1-8H,9-13H2,(H,24,25). The molecule has 0 bridgehead atoms. The van der Waals surface area contributed by atoms with Gasteiger partial charge >= 0.3 is 5.97 Å². The first kappa shape index (κ1) is 18.4. The van der Waals surface area contributed by atoms with Gasteiger partial charge in [0.05, 0.1) is 16.9 Å². The molecule has 0 spiro atoms. The van der Waals surface area contributed by atoms with Crippen molar-refractivity contribution < 1.29 is 19.6 Å². The van der Waals surface area contributed by atoms with Crippen LogP contribution in [0.25, 0.3) is 0 Å². The fourth-order valence-corrected chi connectivity index (χ4v) is 3.24. The summed E-state index contributed by atoms with van der Waals surface area (Å²) in [6, 6.07) is 13.0. The summed E-state index contributed by atoms with van der Waals surface area (Å²) in [6.45, 7) is 1.83. The van der Waals surface area contributed by atoms with Gasteiger partial charge in [-0.25, -0.2) is 4.79 Å². The lowest BCUT2D eigenvalue weighted by Gasteiger charge is -2.36. The summed E-state index contributed by atoms with van der Waals surface area (Å²) in [5, 5.41) is 20.4. The first-order valence-corrected chi connectivity index (χ1v) is 8.54. The SMILES string of the molecule is O=C(O)c1ccccc1CC(=O)N1CCN(c2ccccc2[N+](=O)[O-])CC1. The number of carbonyl (C=O) groups is 2. The number of benzene rings is 2. The van der Waals surface area contributed by atoms with E-state index in [0.717, 1.165) is 0 Å². The number of piperazine rings is 1. The van der Waals surface area contributed by atoms with Gasteiger partial charge in [-0.05, 0) is 17.7 Å². The van der Waals surface area contributed by atoms with Crippen molar-refractivity contribution in [2.45, 2.75) is 6.42 Å². The molecular formula is C19H19N3O5. The number of carbonyl (C=O) groups excluding carboxylic acids is 1. The summed E-state index contributed by atoms with van der Waals surface area (Å²) < 4.78 is 0. The Morgan fingerprint density at radius 2 is 1.63 bits per heavy atom. The minimum absolute atomic E-state index is 0.0218. The predicted molar refractivity (Wildman–Crippen MR) is 99.0 cm³/mol. The molecule has 8 heteroatoms. The van der Waals surface area contributed by atoms with Crippen LogP contribution >= 0.6 is 0 Å². The van der Waals surface area contributed by atoms with Gasteiger partial charge in [-0.3, -0.25) is 14.9 Å². The number of nitrogens with zero attached hydrogens (tertiary/aromatic N) is 3. The van der Waals surface area contributed by atoms with Crippen molar-refractivity contribution in [1.82, 2.24) is 4.90 Å². The zero-order valence-electron chi connectivity index (χ0n) is 14.6. The third-order valence-electron chi connectivity index (χ3n) is 4.64. The van der Waals surface area contributed by atoms with Crippen LogP contribution in [0.4, 0.5) is 11.4 Å². The maximum Gasteiger partial charge on any atom is 0.335 e. The molecular weight excluding hydrogens is 350 g/mol. The maximum atomic E-state index is 12.6. The van der Waals surface area contributed by atoms with E-state index in [1.54, 1.807) is 41.3 Å². The largest absolute Gasteiger partial charge is 0.478 e. The summed E-state index contributed by atoms with van der Waals surface area (Å²) in [5.41, 5.74) is 1.21. The summed E-state index contributed by atoms with van der Waals surface area (Å²) >= 11 is 0. The van der Waals surface area contributed by atoms with Crippen molar-refractivity contribution in [3.8, 4) is 0 Å². The van der Waals surface area contributed by atoms with Crippen LogP contribution in [0.5, 0.6) is 0 Å². The van der Waals surface area contributed by atoms with Gasteiger partial charge in [-0.2, -0.15) is 0 Å². The Balaban J connectivity index is 1.65. The lowest BCUT2D eigenvalue weighted by Crippen LogP contribution is -2.49. The highest BCUT2D eigenvalue weighted by atomic mass is 16.6. The highest BCUT2D eigenvalue weighted by Crippen LogP contribution is 2.28. The van der Waals surface area contributed by atoms with Gasteiger partial charge in [-0.15, -0.1) is 0 Å². The number of nitro benzene ring substituents is 1. The van der Waals surface area contributed by atoms with E-state index in [9.17, 15) is 24.8 Å². The maximum absolute atomic E-state index is 12.6. The number of para-hydroxylation sites is 2. The molecule has 0 radical (unpaired) electrons. The second-order valence-corrected chi connectivity index (χ2v) is 6.25. The van der Waals surface area contributed by atoms with Crippen molar-refractivity contribution in [2.75, 3.05) is 31.1 Å². The first-order chi connectivity index (χ1) is 13.0. The quantitative estimate of drug-likeness (QED) is 0.640. The molecule has 1 amide bonds. The normalized spacial score (nSPS) is 14.1. The average Bonchev–Trinajstić information content (AvgIpc) is 2.68. The van der Waals surface area contributed by atoms with Gasteiger partial charge in [0.25, 0.3) is 5.69 Å². The Morgan fingerprint density at radius 1 is 1.00 bits per heavy atom. The predicted octanol–water partition coefficient (Wildman–Crippen LogP) is 2.18. The molecule has 0 unspecified atom stereocenters. The van der Waals surface area contributed by atoms with Crippen LogP contribution in [0.1, 0.15) is 15.9 Å². The van der Waals surface area contributed by atoms with E-state index in [-0.39, 0.29) is 23.6 Å². The lowest BCUT2D eigenvalue weighted by molar-refractivity contribution is -0.384. The number of aromatic carboxylic acids is 1. The number of rotatable bonds is 5. The van der Waals surface area contributed by atoms with Gasteiger partial charge in [0, 0.05) is 32.2 Å². The topological polar surface area (TPSA) is 104 Å². The number of hydrogen-bond acceptors (Lipinski definition) is 5. The first-order valence-electron chi connectivity index (χ1n) is 8.54. The minimum atomic E-state index is -1.06. The fraction of sp³-hybridized carbons (Fsp3) is 0.263. The van der Waals surface area contributed by atoms with E-state index >= 15 is 0 Å².